The Labute approximate surface area is 294 Å². The molecular weight excluding hydrogens is 645 g/mol. The lowest BCUT2D eigenvalue weighted by Gasteiger charge is -2.36. The number of carbonyl (C=O) groups is 3. The number of aromatic nitrogens is 1. The summed E-state index contributed by atoms with van der Waals surface area (Å²) in [6.07, 6.45) is 1.69. The highest BCUT2D eigenvalue weighted by Crippen LogP contribution is 2.35. The van der Waals surface area contributed by atoms with Crippen molar-refractivity contribution < 1.29 is 23.9 Å². The van der Waals surface area contributed by atoms with Crippen molar-refractivity contribution in [2.75, 3.05) is 32.1 Å². The van der Waals surface area contributed by atoms with Crippen LogP contribution in [0.15, 0.2) is 36.4 Å². The summed E-state index contributed by atoms with van der Waals surface area (Å²) in [5, 5.41) is 16.0. The predicted molar refractivity (Wildman–Crippen MR) is 193 cm³/mol. The molecule has 264 valence electrons. The van der Waals surface area contributed by atoms with Crippen LogP contribution in [0.4, 0.5) is 10.2 Å². The third-order valence-electron chi connectivity index (χ3n) is 9.27. The Morgan fingerprint density at radius 3 is 2.18 bits per heavy atom. The summed E-state index contributed by atoms with van der Waals surface area (Å²) >= 11 is 6.26. The van der Waals surface area contributed by atoms with Gasteiger partial charge in [0.15, 0.2) is 0 Å². The molecule has 0 unspecified atom stereocenters. The molecule has 1 aliphatic rings. The number of carboxylic acids is 1. The standard InChI is InChI=1S/C38H49ClFN5O4/c1-21(2)15-32(43-37(48)30-10-9-22(3)36(41-30)45-13-11-28(12-14-45)44(7)8)38(49)42-31(20-33(46)47)29-19-26(16-25(6)35(29)40)34-23(4)17-27(39)18-24(34)5/h9-10,16-19,21,28,31-32H,11-15,20H2,1-8H3,(H,42,49)(H,43,48)(H,46,47)/t31-,32-/m0/s1. The number of anilines is 1. The maximum atomic E-state index is 15.8. The van der Waals surface area contributed by atoms with E-state index in [9.17, 15) is 19.5 Å². The number of hydrogen-bond acceptors (Lipinski definition) is 6. The molecule has 0 saturated carbocycles. The van der Waals surface area contributed by atoms with Crippen molar-refractivity contribution >= 4 is 35.2 Å². The van der Waals surface area contributed by atoms with Crippen LogP contribution in [-0.2, 0) is 9.59 Å². The molecule has 1 fully saturated rings. The summed E-state index contributed by atoms with van der Waals surface area (Å²) in [6.45, 7) is 12.9. The van der Waals surface area contributed by atoms with Crippen LogP contribution in [-0.4, -0.2) is 72.0 Å². The van der Waals surface area contributed by atoms with Gasteiger partial charge in [-0.05, 0) is 131 Å². The first-order chi connectivity index (χ1) is 23.0. The highest BCUT2D eigenvalue weighted by molar-refractivity contribution is 6.30. The number of nitrogens with zero attached hydrogens (tertiary/aromatic N) is 3. The smallest absolute Gasteiger partial charge is 0.305 e. The molecule has 2 amide bonds. The van der Waals surface area contributed by atoms with Gasteiger partial charge in [0.25, 0.3) is 5.91 Å². The number of carbonyl (C=O) groups excluding carboxylic acids is 2. The molecule has 3 N–H and O–H groups in total. The van der Waals surface area contributed by atoms with Crippen molar-refractivity contribution in [1.29, 1.82) is 0 Å². The molecule has 0 aliphatic carbocycles. The second kappa shape index (κ2) is 16.1. The molecule has 0 bridgehead atoms. The highest BCUT2D eigenvalue weighted by Gasteiger charge is 2.30. The Morgan fingerprint density at radius 1 is 0.980 bits per heavy atom. The number of aliphatic carboxylic acids is 1. The predicted octanol–water partition coefficient (Wildman–Crippen LogP) is 6.78. The molecule has 1 aliphatic heterocycles. The van der Waals surface area contributed by atoms with E-state index in [1.807, 2.05) is 52.8 Å². The number of halogens is 2. The van der Waals surface area contributed by atoms with Crippen LogP contribution < -0.4 is 15.5 Å². The first kappa shape index (κ1) is 37.8. The van der Waals surface area contributed by atoms with Crippen LogP contribution in [0.25, 0.3) is 11.1 Å². The number of piperidine rings is 1. The monoisotopic (exact) mass is 693 g/mol. The summed E-state index contributed by atoms with van der Waals surface area (Å²) in [7, 11) is 4.17. The fourth-order valence-corrected chi connectivity index (χ4v) is 7.07. The van der Waals surface area contributed by atoms with E-state index in [4.69, 9.17) is 16.6 Å². The number of nitrogens with one attached hydrogen (secondary N) is 2. The minimum Gasteiger partial charge on any atom is -0.481 e. The van der Waals surface area contributed by atoms with E-state index in [0.29, 0.717) is 22.2 Å². The molecule has 2 atom stereocenters. The average Bonchev–Trinajstić information content (AvgIpc) is 3.01. The van der Waals surface area contributed by atoms with Crippen LogP contribution in [0.3, 0.4) is 0 Å². The zero-order valence-corrected chi connectivity index (χ0v) is 30.5. The van der Waals surface area contributed by atoms with E-state index in [2.05, 4.69) is 34.5 Å². The largest absolute Gasteiger partial charge is 0.481 e. The Balaban J connectivity index is 1.61. The summed E-state index contributed by atoms with van der Waals surface area (Å²) < 4.78 is 15.8. The molecule has 2 heterocycles. The zero-order valence-electron chi connectivity index (χ0n) is 29.8. The van der Waals surface area contributed by atoms with E-state index >= 15 is 4.39 Å². The minimum absolute atomic E-state index is 0.00617. The third kappa shape index (κ3) is 9.36. The highest BCUT2D eigenvalue weighted by atomic mass is 35.5. The molecule has 2 aromatic carbocycles. The maximum absolute atomic E-state index is 15.8. The van der Waals surface area contributed by atoms with E-state index in [-0.39, 0.29) is 23.6 Å². The van der Waals surface area contributed by atoms with Crippen LogP contribution in [0.5, 0.6) is 0 Å². The third-order valence-corrected chi connectivity index (χ3v) is 9.48. The van der Waals surface area contributed by atoms with Crippen molar-refractivity contribution in [1.82, 2.24) is 20.5 Å². The molecule has 49 heavy (non-hydrogen) atoms. The maximum Gasteiger partial charge on any atom is 0.305 e. The Hall–Kier alpha value is -4.02. The number of aryl methyl sites for hydroxylation is 4. The van der Waals surface area contributed by atoms with Crippen molar-refractivity contribution in [3.05, 3.63) is 80.7 Å². The fraction of sp³-hybridized carbons (Fsp3) is 0.474. The van der Waals surface area contributed by atoms with E-state index < -0.39 is 42.1 Å². The number of rotatable bonds is 12. The lowest BCUT2D eigenvalue weighted by Crippen LogP contribution is -2.49. The van der Waals surface area contributed by atoms with Crippen molar-refractivity contribution in [3.8, 4) is 11.1 Å². The molecule has 0 radical (unpaired) electrons. The number of carboxylic acid groups (broad SMARTS) is 1. The summed E-state index contributed by atoms with van der Waals surface area (Å²) in [6, 6.07) is 8.71. The lowest BCUT2D eigenvalue weighted by atomic mass is 9.90. The lowest BCUT2D eigenvalue weighted by molar-refractivity contribution is -0.137. The second-order valence-electron chi connectivity index (χ2n) is 13.9. The van der Waals surface area contributed by atoms with Crippen LogP contribution in [0.1, 0.15) is 83.9 Å². The molecule has 3 aromatic rings. The van der Waals surface area contributed by atoms with E-state index in [0.717, 1.165) is 54.0 Å². The van der Waals surface area contributed by atoms with Gasteiger partial charge in [0.05, 0.1) is 12.5 Å². The van der Waals surface area contributed by atoms with Gasteiger partial charge in [0, 0.05) is 29.7 Å². The van der Waals surface area contributed by atoms with Gasteiger partial charge in [0.2, 0.25) is 5.91 Å². The van der Waals surface area contributed by atoms with Crippen molar-refractivity contribution in [3.63, 3.8) is 0 Å². The topological polar surface area (TPSA) is 115 Å². The second-order valence-corrected chi connectivity index (χ2v) is 14.4. The van der Waals surface area contributed by atoms with Crippen molar-refractivity contribution in [2.24, 2.45) is 5.92 Å². The molecular formula is C38H49ClFN5O4. The van der Waals surface area contributed by atoms with Gasteiger partial charge in [-0.1, -0.05) is 31.5 Å². The first-order valence-corrected chi connectivity index (χ1v) is 17.2. The normalized spacial score (nSPS) is 15.0. The molecule has 9 nitrogen and oxygen atoms in total. The van der Waals surface area contributed by atoms with Gasteiger partial charge in [-0.2, -0.15) is 0 Å². The summed E-state index contributed by atoms with van der Waals surface area (Å²) in [5.41, 5.74) is 4.80. The van der Waals surface area contributed by atoms with Gasteiger partial charge in [-0.15, -0.1) is 0 Å². The molecule has 4 rings (SSSR count). The van der Waals surface area contributed by atoms with Crippen LogP contribution >= 0.6 is 11.6 Å². The number of pyridine rings is 1. The van der Waals surface area contributed by atoms with Gasteiger partial charge >= 0.3 is 5.97 Å². The molecule has 1 saturated heterocycles. The molecule has 11 heteroatoms. The van der Waals surface area contributed by atoms with Gasteiger partial charge in [-0.25, -0.2) is 9.37 Å². The Morgan fingerprint density at radius 2 is 1.61 bits per heavy atom. The van der Waals surface area contributed by atoms with E-state index in [1.165, 1.54) is 0 Å². The number of benzene rings is 2. The van der Waals surface area contributed by atoms with E-state index in [1.54, 1.807) is 25.1 Å². The molecule has 1 aromatic heterocycles. The summed E-state index contributed by atoms with van der Waals surface area (Å²) in [4.78, 5) is 48.7. The number of hydrogen-bond donors (Lipinski definition) is 3. The summed E-state index contributed by atoms with van der Waals surface area (Å²) in [5.74, 6) is -2.18. The first-order valence-electron chi connectivity index (χ1n) is 16.8. The Kier molecular flexibility index (Phi) is 12.4. The van der Waals surface area contributed by atoms with Crippen LogP contribution in [0, 0.1) is 39.4 Å². The molecule has 0 spiro atoms. The minimum atomic E-state index is -1.21. The fourth-order valence-electron chi connectivity index (χ4n) is 6.74. The van der Waals surface area contributed by atoms with Gasteiger partial charge < -0.3 is 25.5 Å². The SMILES string of the molecule is Cc1ccc(C(=O)N[C@@H](CC(C)C)C(=O)N[C@@H](CC(=O)O)c2cc(-c3c(C)cc(Cl)cc3C)cc(C)c2F)nc1N1CCC(N(C)C)CC1. The Bertz CT molecular complexity index is 1680. The van der Waals surface area contributed by atoms with Crippen LogP contribution in [0.2, 0.25) is 5.02 Å². The quantitative estimate of drug-likeness (QED) is 0.192. The van der Waals surface area contributed by atoms with Gasteiger partial charge in [0.1, 0.15) is 23.4 Å². The number of amides is 2. The average molecular weight is 694 g/mol. The zero-order chi connectivity index (χ0) is 36.2. The van der Waals surface area contributed by atoms with Gasteiger partial charge in [-0.3, -0.25) is 14.4 Å². The van der Waals surface area contributed by atoms with Crippen molar-refractivity contribution in [2.45, 2.75) is 85.4 Å².